The smallest absolute Gasteiger partial charge is 0.416 e. The standard InChI is InChI=1S/C22H26F4N4O2/c1-15-2-3-18(13-20(15)32-9-8-30-6-4-27-5-7-30)28-21(31)29-19-11-16(14-23)10-17(12-19)22(24,25)26/h2-3,10-13,27H,4-9,14H2,1H3,(H2,28,29,31). The van der Waals surface area contributed by atoms with Gasteiger partial charge in [0.15, 0.2) is 0 Å². The molecule has 1 fully saturated rings. The Hall–Kier alpha value is -2.85. The van der Waals surface area contributed by atoms with Gasteiger partial charge in [-0.25, -0.2) is 9.18 Å². The zero-order chi connectivity index (χ0) is 23.1. The van der Waals surface area contributed by atoms with Gasteiger partial charge in [0.25, 0.3) is 0 Å². The van der Waals surface area contributed by atoms with Crippen molar-refractivity contribution < 1.29 is 27.1 Å². The van der Waals surface area contributed by atoms with Crippen molar-refractivity contribution in [3.8, 4) is 5.75 Å². The lowest BCUT2D eigenvalue weighted by molar-refractivity contribution is -0.137. The summed E-state index contributed by atoms with van der Waals surface area (Å²) in [6.45, 7) is 5.91. The van der Waals surface area contributed by atoms with Crippen LogP contribution in [0.5, 0.6) is 5.75 Å². The van der Waals surface area contributed by atoms with Crippen molar-refractivity contribution in [1.29, 1.82) is 0 Å². The molecule has 2 amide bonds. The SMILES string of the molecule is Cc1ccc(NC(=O)Nc2cc(CF)cc(C(F)(F)F)c2)cc1OCCN1CCNCC1. The summed E-state index contributed by atoms with van der Waals surface area (Å²) in [5.41, 5.74) is -0.0432. The molecular weight excluding hydrogens is 428 g/mol. The molecular formula is C22H26F4N4O2. The predicted molar refractivity (Wildman–Crippen MR) is 115 cm³/mol. The first-order valence-corrected chi connectivity index (χ1v) is 10.3. The van der Waals surface area contributed by atoms with Crippen molar-refractivity contribution in [2.75, 3.05) is 50.0 Å². The normalized spacial score (nSPS) is 14.8. The Kier molecular flexibility index (Phi) is 7.92. The van der Waals surface area contributed by atoms with Crippen LogP contribution in [0.1, 0.15) is 16.7 Å². The second kappa shape index (κ2) is 10.6. The molecule has 0 aromatic heterocycles. The van der Waals surface area contributed by atoms with Crippen LogP contribution in [0, 0.1) is 6.92 Å². The maximum atomic E-state index is 13.0. The number of hydrogen-bond acceptors (Lipinski definition) is 4. The highest BCUT2D eigenvalue weighted by Gasteiger charge is 2.31. The van der Waals surface area contributed by atoms with Crippen molar-refractivity contribution in [3.05, 3.63) is 53.1 Å². The Bertz CT molecular complexity index is 931. The van der Waals surface area contributed by atoms with E-state index in [-0.39, 0.29) is 11.3 Å². The summed E-state index contributed by atoms with van der Waals surface area (Å²) >= 11 is 0. The number of carbonyl (C=O) groups is 1. The maximum absolute atomic E-state index is 13.0. The Balaban J connectivity index is 1.60. The first kappa shape index (κ1) is 23.8. The fourth-order valence-electron chi connectivity index (χ4n) is 3.35. The van der Waals surface area contributed by atoms with Gasteiger partial charge < -0.3 is 20.7 Å². The van der Waals surface area contributed by atoms with Crippen molar-refractivity contribution in [3.63, 3.8) is 0 Å². The number of amides is 2. The van der Waals surface area contributed by atoms with Gasteiger partial charge >= 0.3 is 12.2 Å². The lowest BCUT2D eigenvalue weighted by Gasteiger charge is -2.27. The number of nitrogens with zero attached hydrogens (tertiary/aromatic N) is 1. The summed E-state index contributed by atoms with van der Waals surface area (Å²) in [5, 5.41) is 8.19. The number of carbonyl (C=O) groups excluding carboxylic acids is 1. The van der Waals surface area contributed by atoms with E-state index in [2.05, 4.69) is 20.9 Å². The number of alkyl halides is 4. The molecule has 32 heavy (non-hydrogen) atoms. The molecule has 0 radical (unpaired) electrons. The quantitative estimate of drug-likeness (QED) is 0.543. The minimum atomic E-state index is -4.65. The van der Waals surface area contributed by atoms with Crippen molar-refractivity contribution in [1.82, 2.24) is 10.2 Å². The van der Waals surface area contributed by atoms with Gasteiger partial charge in [0.2, 0.25) is 0 Å². The molecule has 174 valence electrons. The van der Waals surface area contributed by atoms with Crippen molar-refractivity contribution >= 4 is 17.4 Å². The third-order valence-electron chi connectivity index (χ3n) is 5.05. The first-order valence-electron chi connectivity index (χ1n) is 10.3. The first-order chi connectivity index (χ1) is 15.2. The molecule has 6 nitrogen and oxygen atoms in total. The van der Waals surface area contributed by atoms with E-state index in [1.807, 2.05) is 6.92 Å². The van der Waals surface area contributed by atoms with Crippen LogP contribution in [0.25, 0.3) is 0 Å². The number of halogens is 4. The van der Waals surface area contributed by atoms with Gasteiger partial charge in [-0.1, -0.05) is 6.07 Å². The molecule has 1 aliphatic heterocycles. The Morgan fingerprint density at radius 1 is 1.09 bits per heavy atom. The highest BCUT2D eigenvalue weighted by molar-refractivity contribution is 6.00. The third kappa shape index (κ3) is 6.83. The van der Waals surface area contributed by atoms with Crippen LogP contribution in [0.2, 0.25) is 0 Å². The van der Waals surface area contributed by atoms with Crippen LogP contribution in [0.3, 0.4) is 0 Å². The topological polar surface area (TPSA) is 65.6 Å². The third-order valence-corrected chi connectivity index (χ3v) is 5.05. The van der Waals surface area contributed by atoms with Gasteiger partial charge in [0.05, 0.1) is 5.56 Å². The summed E-state index contributed by atoms with van der Waals surface area (Å²) < 4.78 is 57.8. The van der Waals surface area contributed by atoms with E-state index in [0.717, 1.165) is 50.4 Å². The molecule has 2 aromatic rings. The van der Waals surface area contributed by atoms with Gasteiger partial charge in [-0.05, 0) is 42.3 Å². The number of hydrogen-bond donors (Lipinski definition) is 3. The zero-order valence-electron chi connectivity index (χ0n) is 17.7. The van der Waals surface area contributed by atoms with Crippen molar-refractivity contribution in [2.24, 2.45) is 0 Å². The lowest BCUT2D eigenvalue weighted by Crippen LogP contribution is -2.44. The number of anilines is 2. The van der Waals surface area contributed by atoms with E-state index in [1.54, 1.807) is 18.2 Å². The number of rotatable bonds is 7. The van der Waals surface area contributed by atoms with Gasteiger partial charge in [-0.3, -0.25) is 4.90 Å². The average Bonchev–Trinajstić information content (AvgIpc) is 2.75. The van der Waals surface area contributed by atoms with Gasteiger partial charge in [-0.15, -0.1) is 0 Å². The minimum absolute atomic E-state index is 0.149. The molecule has 0 bridgehead atoms. The van der Waals surface area contributed by atoms with E-state index < -0.39 is 24.4 Å². The molecule has 1 aliphatic rings. The van der Waals surface area contributed by atoms with E-state index in [9.17, 15) is 22.4 Å². The predicted octanol–water partition coefficient (Wildman–Crippen LogP) is 4.41. The number of urea groups is 1. The molecule has 0 spiro atoms. The zero-order valence-corrected chi connectivity index (χ0v) is 17.7. The molecule has 2 aromatic carbocycles. The number of ether oxygens (including phenoxy) is 1. The molecule has 0 saturated carbocycles. The summed E-state index contributed by atoms with van der Waals surface area (Å²) in [6.07, 6.45) is -4.65. The number of nitrogens with one attached hydrogen (secondary N) is 3. The Morgan fingerprint density at radius 3 is 2.50 bits per heavy atom. The second-order valence-corrected chi connectivity index (χ2v) is 7.55. The molecule has 1 heterocycles. The minimum Gasteiger partial charge on any atom is -0.492 e. The fraction of sp³-hybridized carbons (Fsp3) is 0.409. The summed E-state index contributed by atoms with van der Waals surface area (Å²) in [6, 6.07) is 6.99. The van der Waals surface area contributed by atoms with Crippen molar-refractivity contribution in [2.45, 2.75) is 19.8 Å². The van der Waals surface area contributed by atoms with E-state index >= 15 is 0 Å². The Morgan fingerprint density at radius 2 is 1.81 bits per heavy atom. The van der Waals surface area contributed by atoms with E-state index in [0.29, 0.717) is 24.1 Å². The fourth-order valence-corrected chi connectivity index (χ4v) is 3.35. The second-order valence-electron chi connectivity index (χ2n) is 7.55. The molecule has 10 heteroatoms. The monoisotopic (exact) mass is 454 g/mol. The van der Waals surface area contributed by atoms with Crippen LogP contribution in [-0.2, 0) is 12.9 Å². The van der Waals surface area contributed by atoms with Crippen LogP contribution in [0.15, 0.2) is 36.4 Å². The summed E-state index contributed by atoms with van der Waals surface area (Å²) in [4.78, 5) is 14.6. The molecule has 0 atom stereocenters. The average molecular weight is 454 g/mol. The molecule has 0 unspecified atom stereocenters. The summed E-state index contributed by atoms with van der Waals surface area (Å²) in [5.74, 6) is 0.608. The van der Waals surface area contributed by atoms with E-state index in [1.165, 1.54) is 0 Å². The number of aryl methyl sites for hydroxylation is 1. The summed E-state index contributed by atoms with van der Waals surface area (Å²) in [7, 11) is 0. The van der Waals surface area contributed by atoms with Gasteiger partial charge in [-0.2, -0.15) is 13.2 Å². The van der Waals surface area contributed by atoms with Crippen LogP contribution < -0.4 is 20.7 Å². The Labute approximate surface area is 183 Å². The number of benzene rings is 2. The lowest BCUT2D eigenvalue weighted by atomic mass is 10.1. The molecule has 0 aliphatic carbocycles. The molecule has 3 N–H and O–H groups in total. The van der Waals surface area contributed by atoms with E-state index in [4.69, 9.17) is 4.74 Å². The van der Waals surface area contributed by atoms with Gasteiger partial charge in [0, 0.05) is 50.2 Å². The van der Waals surface area contributed by atoms with Crippen LogP contribution in [0.4, 0.5) is 33.7 Å². The van der Waals surface area contributed by atoms with Crippen LogP contribution in [-0.4, -0.2) is 50.3 Å². The highest BCUT2D eigenvalue weighted by atomic mass is 19.4. The molecule has 1 saturated heterocycles. The maximum Gasteiger partial charge on any atom is 0.416 e. The van der Waals surface area contributed by atoms with Gasteiger partial charge in [0.1, 0.15) is 19.0 Å². The molecule has 3 rings (SSSR count). The van der Waals surface area contributed by atoms with Crippen LogP contribution >= 0.6 is 0 Å². The largest absolute Gasteiger partial charge is 0.492 e. The number of piperazine rings is 1. The highest BCUT2D eigenvalue weighted by Crippen LogP contribution is 2.32.